The van der Waals surface area contributed by atoms with Crippen LogP contribution in [0.2, 0.25) is 0 Å². The van der Waals surface area contributed by atoms with Crippen LogP contribution in [0, 0.1) is 5.92 Å². The lowest BCUT2D eigenvalue weighted by Crippen LogP contribution is -2.22. The predicted molar refractivity (Wildman–Crippen MR) is 70.9 cm³/mol. The minimum Gasteiger partial charge on any atom is -0.310 e. The monoisotopic (exact) mass is 226 g/mol. The molecule has 1 fully saturated rings. The Kier molecular flexibility index (Phi) is 2.81. The van der Waals surface area contributed by atoms with Crippen molar-refractivity contribution in [3.63, 3.8) is 0 Å². The van der Waals surface area contributed by atoms with E-state index in [1.54, 1.807) is 0 Å². The molecule has 2 aromatic rings. The summed E-state index contributed by atoms with van der Waals surface area (Å²) in [6, 6.07) is 9.20. The third-order valence-electron chi connectivity index (χ3n) is 3.57. The van der Waals surface area contributed by atoms with Gasteiger partial charge in [0.15, 0.2) is 0 Å². The van der Waals surface area contributed by atoms with Gasteiger partial charge in [0.2, 0.25) is 0 Å². The second-order valence-electron chi connectivity index (χ2n) is 4.82. The zero-order valence-electron chi connectivity index (χ0n) is 10.2. The molecule has 88 valence electrons. The van der Waals surface area contributed by atoms with Crippen LogP contribution in [0.4, 0.5) is 0 Å². The molecule has 2 heteroatoms. The first kappa shape index (κ1) is 10.7. The number of fused-ring (bicyclic) bond motifs is 1. The van der Waals surface area contributed by atoms with E-state index >= 15 is 0 Å². The normalized spacial score (nSPS) is 17.2. The van der Waals surface area contributed by atoms with Gasteiger partial charge in [-0.3, -0.25) is 4.98 Å². The van der Waals surface area contributed by atoms with Crippen LogP contribution in [-0.2, 0) is 0 Å². The van der Waals surface area contributed by atoms with E-state index in [0.29, 0.717) is 6.04 Å². The van der Waals surface area contributed by atoms with E-state index in [2.05, 4.69) is 41.5 Å². The van der Waals surface area contributed by atoms with Gasteiger partial charge in [-0.2, -0.15) is 0 Å². The van der Waals surface area contributed by atoms with Crippen LogP contribution in [0.5, 0.6) is 0 Å². The van der Waals surface area contributed by atoms with Crippen molar-refractivity contribution >= 4 is 10.8 Å². The van der Waals surface area contributed by atoms with Crippen LogP contribution < -0.4 is 5.32 Å². The van der Waals surface area contributed by atoms with Gasteiger partial charge in [-0.05, 0) is 42.3 Å². The van der Waals surface area contributed by atoms with Gasteiger partial charge in [0.05, 0.1) is 0 Å². The molecule has 1 aliphatic rings. The summed E-state index contributed by atoms with van der Waals surface area (Å²) in [5, 5.41) is 6.22. The van der Waals surface area contributed by atoms with E-state index in [1.165, 1.54) is 29.2 Å². The quantitative estimate of drug-likeness (QED) is 0.865. The van der Waals surface area contributed by atoms with Gasteiger partial charge in [0, 0.05) is 23.8 Å². The van der Waals surface area contributed by atoms with Crippen molar-refractivity contribution in [2.75, 3.05) is 6.54 Å². The summed E-state index contributed by atoms with van der Waals surface area (Å²) in [5.41, 5.74) is 1.44. The van der Waals surface area contributed by atoms with Crippen molar-refractivity contribution in [2.24, 2.45) is 5.92 Å². The lowest BCUT2D eigenvalue weighted by molar-refractivity contribution is 0.499. The molecule has 1 saturated carbocycles. The molecule has 3 rings (SSSR count). The van der Waals surface area contributed by atoms with Crippen LogP contribution >= 0.6 is 0 Å². The number of pyridine rings is 1. The Bertz CT molecular complexity index is 512. The Morgan fingerprint density at radius 1 is 1.35 bits per heavy atom. The molecule has 1 aromatic carbocycles. The minimum absolute atomic E-state index is 0.520. The fourth-order valence-corrected chi connectivity index (χ4v) is 2.60. The Hall–Kier alpha value is -1.41. The van der Waals surface area contributed by atoms with Gasteiger partial charge >= 0.3 is 0 Å². The zero-order chi connectivity index (χ0) is 11.7. The average molecular weight is 226 g/mol. The molecule has 0 spiro atoms. The van der Waals surface area contributed by atoms with E-state index in [0.717, 1.165) is 12.5 Å². The smallest absolute Gasteiger partial charge is 0.0354 e. The van der Waals surface area contributed by atoms with E-state index in [1.807, 2.05) is 12.4 Å². The van der Waals surface area contributed by atoms with Crippen LogP contribution in [0.25, 0.3) is 10.8 Å². The molecular weight excluding hydrogens is 208 g/mol. The first-order chi connectivity index (χ1) is 8.40. The molecule has 1 unspecified atom stereocenters. The fourth-order valence-electron chi connectivity index (χ4n) is 2.60. The third kappa shape index (κ3) is 2.05. The highest BCUT2D eigenvalue weighted by molar-refractivity contribution is 5.85. The largest absolute Gasteiger partial charge is 0.310 e. The number of hydrogen-bond acceptors (Lipinski definition) is 2. The van der Waals surface area contributed by atoms with Crippen molar-refractivity contribution in [2.45, 2.75) is 25.8 Å². The maximum absolute atomic E-state index is 4.20. The van der Waals surface area contributed by atoms with Gasteiger partial charge in [-0.1, -0.05) is 25.1 Å². The molecule has 0 radical (unpaired) electrons. The highest BCUT2D eigenvalue weighted by Crippen LogP contribution is 2.42. The predicted octanol–water partition coefficient (Wildman–Crippen LogP) is 3.30. The zero-order valence-corrected chi connectivity index (χ0v) is 10.2. The summed E-state index contributed by atoms with van der Waals surface area (Å²) < 4.78 is 0. The molecule has 1 atom stereocenters. The van der Waals surface area contributed by atoms with E-state index < -0.39 is 0 Å². The molecule has 0 bridgehead atoms. The fraction of sp³-hybridized carbons (Fsp3) is 0.400. The number of nitrogens with one attached hydrogen (secondary N) is 1. The van der Waals surface area contributed by atoms with E-state index in [4.69, 9.17) is 0 Å². The molecule has 1 heterocycles. The Labute approximate surface area is 102 Å². The molecule has 2 nitrogen and oxygen atoms in total. The summed E-state index contributed by atoms with van der Waals surface area (Å²) in [5.74, 6) is 0.828. The SMILES string of the molecule is CCNC(c1cccc2cnccc12)C1CC1. The van der Waals surface area contributed by atoms with Gasteiger partial charge in [-0.25, -0.2) is 0 Å². The second-order valence-corrected chi connectivity index (χ2v) is 4.82. The van der Waals surface area contributed by atoms with Crippen molar-refractivity contribution < 1.29 is 0 Å². The average Bonchev–Trinajstić information content (AvgIpc) is 3.20. The van der Waals surface area contributed by atoms with Crippen molar-refractivity contribution in [3.05, 3.63) is 42.2 Å². The maximum atomic E-state index is 4.20. The number of aromatic nitrogens is 1. The molecule has 1 aromatic heterocycles. The highest BCUT2D eigenvalue weighted by Gasteiger charge is 2.32. The van der Waals surface area contributed by atoms with Gasteiger partial charge < -0.3 is 5.32 Å². The number of benzene rings is 1. The summed E-state index contributed by atoms with van der Waals surface area (Å²) in [6.45, 7) is 3.21. The molecule has 17 heavy (non-hydrogen) atoms. The summed E-state index contributed by atoms with van der Waals surface area (Å²) in [4.78, 5) is 4.20. The molecule has 1 aliphatic carbocycles. The maximum Gasteiger partial charge on any atom is 0.0354 e. The minimum atomic E-state index is 0.520. The van der Waals surface area contributed by atoms with Crippen LogP contribution in [0.3, 0.4) is 0 Å². The number of hydrogen-bond donors (Lipinski definition) is 1. The van der Waals surface area contributed by atoms with Crippen molar-refractivity contribution in [1.29, 1.82) is 0 Å². The van der Waals surface area contributed by atoms with Crippen LogP contribution in [0.15, 0.2) is 36.7 Å². The molecular formula is C15H18N2. The van der Waals surface area contributed by atoms with Gasteiger partial charge in [-0.15, -0.1) is 0 Å². The number of rotatable bonds is 4. The standard InChI is InChI=1S/C15H18N2/c1-2-17-15(11-6-7-11)14-5-3-4-12-10-16-9-8-13(12)14/h3-5,8-11,15,17H,2,6-7H2,1H3. The lowest BCUT2D eigenvalue weighted by Gasteiger charge is -2.19. The Morgan fingerprint density at radius 3 is 3.00 bits per heavy atom. The lowest BCUT2D eigenvalue weighted by atomic mass is 9.97. The first-order valence-corrected chi connectivity index (χ1v) is 6.46. The van der Waals surface area contributed by atoms with Gasteiger partial charge in [0.1, 0.15) is 0 Å². The van der Waals surface area contributed by atoms with Crippen LogP contribution in [-0.4, -0.2) is 11.5 Å². The van der Waals surface area contributed by atoms with Crippen molar-refractivity contribution in [1.82, 2.24) is 10.3 Å². The summed E-state index contributed by atoms with van der Waals surface area (Å²) in [6.07, 6.45) is 6.56. The molecule has 0 saturated heterocycles. The van der Waals surface area contributed by atoms with Crippen molar-refractivity contribution in [3.8, 4) is 0 Å². The topological polar surface area (TPSA) is 24.9 Å². The highest BCUT2D eigenvalue weighted by atomic mass is 14.9. The molecule has 0 amide bonds. The second kappa shape index (κ2) is 4.46. The Morgan fingerprint density at radius 2 is 2.24 bits per heavy atom. The Balaban J connectivity index is 2.08. The number of nitrogens with zero attached hydrogens (tertiary/aromatic N) is 1. The molecule has 0 aliphatic heterocycles. The first-order valence-electron chi connectivity index (χ1n) is 6.46. The van der Waals surface area contributed by atoms with Gasteiger partial charge in [0.25, 0.3) is 0 Å². The molecule has 1 N–H and O–H groups in total. The van der Waals surface area contributed by atoms with Crippen LogP contribution in [0.1, 0.15) is 31.4 Å². The third-order valence-corrected chi connectivity index (χ3v) is 3.57. The summed E-state index contributed by atoms with van der Waals surface area (Å²) in [7, 11) is 0. The van der Waals surface area contributed by atoms with E-state index in [-0.39, 0.29) is 0 Å². The van der Waals surface area contributed by atoms with E-state index in [9.17, 15) is 0 Å². The summed E-state index contributed by atoms with van der Waals surface area (Å²) >= 11 is 0.